The lowest BCUT2D eigenvalue weighted by Gasteiger charge is -2.49. The van der Waals surface area contributed by atoms with Crippen molar-refractivity contribution in [1.82, 2.24) is 15.2 Å². The topological polar surface area (TPSA) is 235 Å². The van der Waals surface area contributed by atoms with E-state index in [1.807, 2.05) is 0 Å². The number of fused-ring (bicyclic) bond motifs is 1. The molecule has 0 aliphatic carbocycles. The van der Waals surface area contributed by atoms with E-state index in [1.54, 1.807) is 20.8 Å². The number of alkyl halides is 1. The number of halogens is 1. The zero-order valence-corrected chi connectivity index (χ0v) is 25.6. The van der Waals surface area contributed by atoms with Gasteiger partial charge in [0.15, 0.2) is 10.8 Å². The number of carbonyl (C=O) groups is 6. The molecule has 2 aliphatic heterocycles. The van der Waals surface area contributed by atoms with E-state index in [9.17, 15) is 33.0 Å². The van der Waals surface area contributed by atoms with Crippen LogP contribution >= 0.6 is 22.9 Å². The highest BCUT2D eigenvalue weighted by molar-refractivity contribution is 7.86. The van der Waals surface area contributed by atoms with E-state index in [0.29, 0.717) is 0 Å². The molecule has 0 aromatic carbocycles. The summed E-state index contributed by atoms with van der Waals surface area (Å²) in [5.74, 6) is -5.83. The smallest absolute Gasteiger partial charge is 0.413 e. The quantitative estimate of drug-likeness (QED) is 0.0813. The molecular weight excluding hydrogens is 645 g/mol. The average Bonchev–Trinajstić information content (AvgIpc) is 3.40. The third-order valence-corrected chi connectivity index (χ3v) is 8.29. The maximum Gasteiger partial charge on any atom is 0.413 e. The number of anilines is 1. The summed E-state index contributed by atoms with van der Waals surface area (Å²) >= 11 is 6.70. The number of amides is 4. The summed E-state index contributed by atoms with van der Waals surface area (Å²) in [6.45, 7) is 4.91. The predicted octanol–water partition coefficient (Wildman–Crippen LogP) is -1.38. The molecular formula is C22H23B2ClN6O11S2. The van der Waals surface area contributed by atoms with Crippen LogP contribution < -0.4 is 16.4 Å². The number of carbonyl (C=O) groups excluding carboxylic acids is 6. The molecule has 1 aromatic heterocycles. The highest BCUT2D eigenvalue weighted by Gasteiger charge is 2.57. The fourth-order valence-corrected chi connectivity index (χ4v) is 6.48. The molecule has 4 radical (unpaired) electrons. The van der Waals surface area contributed by atoms with E-state index >= 15 is 0 Å². The molecule has 0 saturated carbocycles. The van der Waals surface area contributed by atoms with Crippen LogP contribution in [0.5, 0.6) is 0 Å². The Bertz CT molecular complexity index is 1460. The molecule has 0 spiro atoms. The summed E-state index contributed by atoms with van der Waals surface area (Å²) in [5.41, 5.74) is 3.23. The number of hydrogen-bond acceptors (Lipinski definition) is 14. The van der Waals surface area contributed by atoms with Crippen LogP contribution in [-0.4, -0.2) is 106 Å². The third kappa shape index (κ3) is 7.94. The molecule has 22 heteroatoms. The summed E-state index contributed by atoms with van der Waals surface area (Å²) in [7, 11) is 8.02. The van der Waals surface area contributed by atoms with Crippen molar-refractivity contribution in [3.05, 3.63) is 22.3 Å². The molecule has 4 amide bonds. The maximum absolute atomic E-state index is 13.4. The minimum absolute atomic E-state index is 0.0484. The van der Waals surface area contributed by atoms with Crippen LogP contribution in [0.2, 0.25) is 0 Å². The second kappa shape index (κ2) is 14.2. The highest BCUT2D eigenvalue weighted by Crippen LogP contribution is 2.35. The van der Waals surface area contributed by atoms with Gasteiger partial charge in [-0.3, -0.25) is 28.8 Å². The van der Waals surface area contributed by atoms with E-state index < -0.39 is 81.8 Å². The minimum atomic E-state index is -1.83. The van der Waals surface area contributed by atoms with E-state index in [4.69, 9.17) is 43.0 Å². The van der Waals surface area contributed by atoms with Gasteiger partial charge in [0.2, 0.25) is 12.0 Å². The summed E-state index contributed by atoms with van der Waals surface area (Å²) in [6.07, 6.45) is -3.39. The number of aromatic nitrogens is 1. The van der Waals surface area contributed by atoms with E-state index in [1.165, 1.54) is 5.38 Å². The lowest BCUT2D eigenvalue weighted by atomic mass is 10.0. The van der Waals surface area contributed by atoms with Crippen LogP contribution in [0.25, 0.3) is 0 Å². The first-order chi connectivity index (χ1) is 20.6. The van der Waals surface area contributed by atoms with Crippen molar-refractivity contribution in [2.45, 2.75) is 50.3 Å². The first kappa shape index (κ1) is 34.5. The molecule has 4 atom stereocenters. The first-order valence-electron chi connectivity index (χ1n) is 12.2. The number of nitrogens with zero attached hydrogens (tertiary/aromatic N) is 3. The van der Waals surface area contributed by atoms with Crippen molar-refractivity contribution < 1.29 is 51.9 Å². The van der Waals surface area contributed by atoms with Crippen molar-refractivity contribution in [3.8, 4) is 0 Å². The van der Waals surface area contributed by atoms with Crippen LogP contribution in [0.15, 0.2) is 21.8 Å². The van der Waals surface area contributed by atoms with Gasteiger partial charge in [0.25, 0.3) is 11.8 Å². The zero-order chi connectivity index (χ0) is 32.9. The normalized spacial score (nSPS) is 20.5. The van der Waals surface area contributed by atoms with Gasteiger partial charge < -0.3 is 29.9 Å². The number of β-lactam (4-membered cyclic amide) rings is 1. The largest absolute Gasteiger partial charge is 0.541 e. The Labute approximate surface area is 263 Å². The third-order valence-electron chi connectivity index (χ3n) is 5.56. The number of hydrogen-bond donors (Lipinski definition) is 3. The van der Waals surface area contributed by atoms with Crippen LogP contribution in [0, 0.1) is 0 Å². The van der Waals surface area contributed by atoms with Gasteiger partial charge in [-0.2, -0.15) is 0 Å². The number of rotatable bonds is 11. The second-order valence-electron chi connectivity index (χ2n) is 9.87. The highest BCUT2D eigenvalue weighted by atomic mass is 35.5. The van der Waals surface area contributed by atoms with E-state index in [-0.39, 0.29) is 33.7 Å². The zero-order valence-electron chi connectivity index (χ0n) is 23.2. The Morgan fingerprint density at radius 3 is 2.52 bits per heavy atom. The average molecular weight is 669 g/mol. The van der Waals surface area contributed by atoms with Crippen molar-refractivity contribution in [3.63, 3.8) is 0 Å². The molecule has 4 N–H and O–H groups in total. The molecule has 0 bridgehead atoms. The van der Waals surface area contributed by atoms with Gasteiger partial charge in [0, 0.05) is 11.3 Å². The number of nitrogens with one attached hydrogen (secondary N) is 2. The molecule has 1 unspecified atom stereocenters. The Morgan fingerprint density at radius 2 is 1.95 bits per heavy atom. The van der Waals surface area contributed by atoms with Crippen LogP contribution in [-0.2, 0) is 53.7 Å². The lowest BCUT2D eigenvalue weighted by Crippen LogP contribution is -2.74. The maximum atomic E-state index is 13.4. The molecule has 3 heterocycles. The summed E-state index contributed by atoms with van der Waals surface area (Å²) in [4.78, 5) is 84.3. The van der Waals surface area contributed by atoms with Crippen LogP contribution in [0.1, 0.15) is 32.9 Å². The summed E-state index contributed by atoms with van der Waals surface area (Å²) < 4.78 is 26.4. The van der Waals surface area contributed by atoms with Gasteiger partial charge in [0.1, 0.15) is 28.4 Å². The van der Waals surface area contributed by atoms with E-state index in [0.717, 1.165) is 16.2 Å². The Hall–Kier alpha value is -3.97. The van der Waals surface area contributed by atoms with Gasteiger partial charge in [-0.25, -0.2) is 19.4 Å². The number of nitrogens with two attached hydrogens (primary N) is 1. The van der Waals surface area contributed by atoms with Gasteiger partial charge in [-0.05, 0) is 26.3 Å². The fourth-order valence-electron chi connectivity index (χ4n) is 3.78. The molecule has 3 rings (SSSR count). The monoisotopic (exact) mass is 668 g/mol. The number of thiazole rings is 1. The Morgan fingerprint density at radius 1 is 1.27 bits per heavy atom. The minimum Gasteiger partial charge on any atom is -0.541 e. The van der Waals surface area contributed by atoms with Crippen molar-refractivity contribution in [1.29, 1.82) is 0 Å². The molecule has 44 heavy (non-hydrogen) atoms. The van der Waals surface area contributed by atoms with Crippen LogP contribution in [0.4, 0.5) is 9.93 Å². The summed E-state index contributed by atoms with van der Waals surface area (Å²) in [5, 5.41) is 8.34. The van der Waals surface area contributed by atoms with Gasteiger partial charge in [-0.15, -0.1) is 22.9 Å². The Kier molecular flexibility index (Phi) is 11.1. The van der Waals surface area contributed by atoms with Gasteiger partial charge in [-0.1, -0.05) is 5.16 Å². The first-order valence-corrected chi connectivity index (χ1v) is 15.0. The van der Waals surface area contributed by atoms with E-state index in [2.05, 4.69) is 30.1 Å². The van der Waals surface area contributed by atoms with Gasteiger partial charge in [0.05, 0.1) is 23.0 Å². The number of primary amides is 1. The molecule has 1 aromatic rings. The Balaban J connectivity index is 1.92. The lowest BCUT2D eigenvalue weighted by molar-refractivity contribution is -0.150. The standard InChI is InChI=1S/C22H23B2ClN6O11S2/c1-22(2,3)39-21(37)29-20-27-9(6-43-20)12(30-42-10(4-11(26)32)18(35)40-23)15(33)28-13-16(34)31-14(19(36)41-24)8(5-25)7-44(38)17(13)31/h6,10,13,17H,4-5,7H2,1-3H3,(H2,26,32)(H,28,33)(H,27,29,37)/b30-12-/t10-,13+,17+,44?/m0/s1. The number of ether oxygens (including phenoxy) is 1. The van der Waals surface area contributed by atoms with Gasteiger partial charge >= 0.3 is 34.1 Å². The van der Waals surface area contributed by atoms with Crippen molar-refractivity contribution >= 4 is 96.4 Å². The SMILES string of the molecule is [B]OC(=O)C1=C(CCl)CS(=O)[C@@H]2[C@H](NC(=O)/C(=N\O[C@@H](CC(N)=O)C(=O)O[B])c3csc(NC(=O)OC(C)(C)C)n3)C(=O)N12. The molecule has 17 nitrogen and oxygen atoms in total. The predicted molar refractivity (Wildman–Crippen MR) is 154 cm³/mol. The summed E-state index contributed by atoms with van der Waals surface area (Å²) in [6, 6.07) is -1.44. The fraction of sp³-hybridized carbons (Fsp3) is 0.455. The molecule has 1 saturated heterocycles. The van der Waals surface area contributed by atoms with Crippen molar-refractivity contribution in [2.75, 3.05) is 16.9 Å². The van der Waals surface area contributed by atoms with Crippen LogP contribution in [0.3, 0.4) is 0 Å². The number of oxime groups is 1. The second-order valence-corrected chi connectivity index (χ2v) is 12.5. The molecule has 232 valence electrons. The molecule has 2 aliphatic rings. The molecule has 1 fully saturated rings. The van der Waals surface area contributed by atoms with Crippen molar-refractivity contribution in [2.24, 2.45) is 10.9 Å².